The molecule has 2 saturated heterocycles. The van der Waals surface area contributed by atoms with Crippen LogP contribution in [0.4, 0.5) is 5.69 Å². The maximum absolute atomic E-state index is 12.9. The SMILES string of the molecule is CCCC[N+]1(c2ccccc2C(=O)NC[C@H]2NC[C@H](O)[C@@H]2O)CCCC1. The van der Waals surface area contributed by atoms with Crippen LogP contribution >= 0.6 is 0 Å². The van der Waals surface area contributed by atoms with Gasteiger partial charge in [-0.05, 0) is 18.6 Å². The van der Waals surface area contributed by atoms with Crippen LogP contribution in [0.1, 0.15) is 43.0 Å². The molecule has 1 aromatic rings. The normalized spacial score (nSPS) is 27.6. The number of aliphatic hydroxyl groups is 2. The van der Waals surface area contributed by atoms with E-state index in [1.807, 2.05) is 18.2 Å². The first kappa shape index (κ1) is 19.3. The highest BCUT2D eigenvalue weighted by atomic mass is 16.3. The number of hydrogen-bond acceptors (Lipinski definition) is 4. The van der Waals surface area contributed by atoms with Crippen LogP contribution in [-0.2, 0) is 0 Å². The van der Waals surface area contributed by atoms with Crippen LogP contribution in [0.25, 0.3) is 0 Å². The molecule has 0 spiro atoms. The molecule has 0 unspecified atom stereocenters. The predicted molar refractivity (Wildman–Crippen MR) is 103 cm³/mol. The van der Waals surface area contributed by atoms with Gasteiger partial charge in [0.1, 0.15) is 11.3 Å². The standard InChI is InChI=1S/C20H31N3O3/c1-2-3-10-23(11-6-7-12-23)17-9-5-4-8-15(17)20(26)22-13-16-19(25)18(24)14-21-16/h4-5,8-9,16,18-19,21,24-25H,2-3,6-7,10-14H2,1H3/p+1/t16-,18+,19-/m1/s1. The third-order valence-corrected chi connectivity index (χ3v) is 5.90. The van der Waals surface area contributed by atoms with Gasteiger partial charge in [0.25, 0.3) is 5.91 Å². The van der Waals surface area contributed by atoms with Crippen molar-refractivity contribution >= 4 is 11.6 Å². The summed E-state index contributed by atoms with van der Waals surface area (Å²) in [5, 5.41) is 25.6. The van der Waals surface area contributed by atoms with Gasteiger partial charge in [-0.1, -0.05) is 25.5 Å². The lowest BCUT2D eigenvalue weighted by Gasteiger charge is -2.35. The fourth-order valence-electron chi connectivity index (χ4n) is 4.34. The van der Waals surface area contributed by atoms with Crippen molar-refractivity contribution in [2.24, 2.45) is 0 Å². The summed E-state index contributed by atoms with van der Waals surface area (Å²) in [5.74, 6) is -0.100. The first-order valence-corrected chi connectivity index (χ1v) is 9.91. The van der Waals surface area contributed by atoms with Gasteiger partial charge in [-0.3, -0.25) is 9.28 Å². The van der Waals surface area contributed by atoms with Gasteiger partial charge >= 0.3 is 0 Å². The molecule has 144 valence electrons. The number of hydrogen-bond donors (Lipinski definition) is 4. The fourth-order valence-corrected chi connectivity index (χ4v) is 4.34. The van der Waals surface area contributed by atoms with E-state index in [0.29, 0.717) is 13.1 Å². The lowest BCUT2D eigenvalue weighted by atomic mass is 10.1. The maximum atomic E-state index is 12.9. The second-order valence-corrected chi connectivity index (χ2v) is 7.68. The van der Waals surface area contributed by atoms with Crippen molar-refractivity contribution in [2.75, 3.05) is 32.7 Å². The Hall–Kier alpha value is -1.47. The molecule has 2 aliphatic heterocycles. The van der Waals surface area contributed by atoms with Crippen molar-refractivity contribution in [1.82, 2.24) is 15.1 Å². The number of aliphatic hydroxyl groups excluding tert-OH is 2. The topological polar surface area (TPSA) is 81.6 Å². The van der Waals surface area contributed by atoms with Crippen molar-refractivity contribution in [1.29, 1.82) is 0 Å². The Balaban J connectivity index is 1.74. The van der Waals surface area contributed by atoms with Gasteiger partial charge < -0.3 is 20.8 Å². The van der Waals surface area contributed by atoms with Crippen LogP contribution in [0.3, 0.4) is 0 Å². The van der Waals surface area contributed by atoms with Crippen LogP contribution in [0.15, 0.2) is 24.3 Å². The Morgan fingerprint density at radius 3 is 2.65 bits per heavy atom. The second-order valence-electron chi connectivity index (χ2n) is 7.68. The van der Waals surface area contributed by atoms with Crippen LogP contribution in [0.2, 0.25) is 0 Å². The zero-order valence-corrected chi connectivity index (χ0v) is 15.7. The van der Waals surface area contributed by atoms with E-state index in [4.69, 9.17) is 0 Å². The number of nitrogens with one attached hydrogen (secondary N) is 2. The number of rotatable bonds is 7. The van der Waals surface area contributed by atoms with E-state index in [0.717, 1.165) is 48.2 Å². The minimum Gasteiger partial charge on any atom is -0.389 e. The van der Waals surface area contributed by atoms with Gasteiger partial charge in [0.2, 0.25) is 0 Å². The Morgan fingerprint density at radius 1 is 1.27 bits per heavy atom. The summed E-state index contributed by atoms with van der Waals surface area (Å²) in [6, 6.07) is 7.63. The average Bonchev–Trinajstić information content (AvgIpc) is 3.27. The van der Waals surface area contributed by atoms with Gasteiger partial charge in [-0.25, -0.2) is 0 Å². The Kier molecular flexibility index (Phi) is 6.29. The number of likely N-dealkylation sites (tertiary alicyclic amines) is 1. The zero-order chi connectivity index (χ0) is 18.6. The zero-order valence-electron chi connectivity index (χ0n) is 15.7. The number of β-amino-alcohol motifs (C(OH)–C–C–N with tert-alkyl or cyclic N) is 1. The van der Waals surface area contributed by atoms with Crippen LogP contribution < -0.4 is 15.1 Å². The van der Waals surface area contributed by atoms with E-state index in [1.165, 1.54) is 12.8 Å². The van der Waals surface area contributed by atoms with Crippen LogP contribution in [-0.4, -0.2) is 67.1 Å². The van der Waals surface area contributed by atoms with E-state index in [1.54, 1.807) is 0 Å². The number of para-hydroxylation sites is 1. The van der Waals surface area contributed by atoms with Gasteiger partial charge in [0.05, 0.1) is 37.9 Å². The van der Waals surface area contributed by atoms with E-state index in [2.05, 4.69) is 23.6 Å². The van der Waals surface area contributed by atoms with Crippen molar-refractivity contribution < 1.29 is 15.0 Å². The van der Waals surface area contributed by atoms with E-state index in [9.17, 15) is 15.0 Å². The van der Waals surface area contributed by atoms with E-state index < -0.39 is 12.2 Å². The third-order valence-electron chi connectivity index (χ3n) is 5.90. The lowest BCUT2D eigenvalue weighted by molar-refractivity contribution is 0.0404. The molecule has 0 bridgehead atoms. The summed E-state index contributed by atoms with van der Waals surface area (Å²) < 4.78 is 0.903. The number of unbranched alkanes of at least 4 members (excludes halogenated alkanes) is 1. The lowest BCUT2D eigenvalue weighted by Crippen LogP contribution is -2.49. The van der Waals surface area contributed by atoms with Gasteiger partial charge in [0.15, 0.2) is 0 Å². The predicted octanol–water partition coefficient (Wildman–Crippen LogP) is 1.01. The van der Waals surface area contributed by atoms with Crippen molar-refractivity contribution in [3.8, 4) is 0 Å². The smallest absolute Gasteiger partial charge is 0.257 e. The second kappa shape index (κ2) is 8.48. The fraction of sp³-hybridized carbons (Fsp3) is 0.650. The highest BCUT2D eigenvalue weighted by Crippen LogP contribution is 2.33. The molecule has 6 nitrogen and oxygen atoms in total. The molecule has 0 saturated carbocycles. The number of amides is 1. The molecule has 3 rings (SSSR count). The largest absolute Gasteiger partial charge is 0.389 e. The van der Waals surface area contributed by atoms with Crippen LogP contribution in [0, 0.1) is 0 Å². The molecular weight excluding hydrogens is 330 g/mol. The Morgan fingerprint density at radius 2 is 2.00 bits per heavy atom. The monoisotopic (exact) mass is 362 g/mol. The molecule has 2 heterocycles. The van der Waals surface area contributed by atoms with Crippen molar-refractivity contribution in [3.05, 3.63) is 29.8 Å². The first-order chi connectivity index (χ1) is 12.6. The molecule has 26 heavy (non-hydrogen) atoms. The summed E-state index contributed by atoms with van der Waals surface area (Å²) in [4.78, 5) is 12.9. The molecule has 6 heteroatoms. The van der Waals surface area contributed by atoms with Gasteiger partial charge in [0, 0.05) is 25.9 Å². The van der Waals surface area contributed by atoms with Gasteiger partial charge in [-0.2, -0.15) is 0 Å². The quantitative estimate of drug-likeness (QED) is 0.546. The van der Waals surface area contributed by atoms with Crippen LogP contribution in [0.5, 0.6) is 0 Å². The van der Waals surface area contributed by atoms with E-state index in [-0.39, 0.29) is 11.9 Å². The molecule has 1 aromatic carbocycles. The first-order valence-electron chi connectivity index (χ1n) is 9.91. The molecule has 0 aliphatic carbocycles. The molecule has 1 amide bonds. The number of nitrogens with zero attached hydrogens (tertiary/aromatic N) is 1. The summed E-state index contributed by atoms with van der Waals surface area (Å²) in [5.41, 5.74) is 1.86. The summed E-state index contributed by atoms with van der Waals surface area (Å²) in [7, 11) is 0. The Bertz CT molecular complexity index is 616. The minimum absolute atomic E-state index is 0.100. The molecule has 2 fully saturated rings. The molecule has 0 radical (unpaired) electrons. The van der Waals surface area contributed by atoms with Crippen molar-refractivity contribution in [3.63, 3.8) is 0 Å². The molecule has 2 aliphatic rings. The molecule has 0 aromatic heterocycles. The summed E-state index contributed by atoms with van der Waals surface area (Å²) in [6.07, 6.45) is 3.11. The summed E-state index contributed by atoms with van der Waals surface area (Å²) >= 11 is 0. The number of carbonyl (C=O) groups is 1. The molecule has 4 N–H and O–H groups in total. The number of quaternary nitrogens is 1. The number of benzene rings is 1. The molecular formula is C20H32N3O3+. The summed E-state index contributed by atoms with van der Waals surface area (Å²) in [6.45, 7) is 6.14. The maximum Gasteiger partial charge on any atom is 0.257 e. The van der Waals surface area contributed by atoms with Crippen molar-refractivity contribution in [2.45, 2.75) is 50.9 Å². The highest BCUT2D eigenvalue weighted by molar-refractivity contribution is 5.99. The molecule has 3 atom stereocenters. The third kappa shape index (κ3) is 3.93. The minimum atomic E-state index is -0.841. The average molecular weight is 362 g/mol. The number of carbonyl (C=O) groups excluding carboxylic acids is 1. The Labute approximate surface area is 155 Å². The van der Waals surface area contributed by atoms with Gasteiger partial charge in [-0.15, -0.1) is 0 Å². The highest BCUT2D eigenvalue weighted by Gasteiger charge is 2.37. The van der Waals surface area contributed by atoms with E-state index >= 15 is 0 Å².